The first-order valence-electron chi connectivity index (χ1n) is 4.62. The molecular formula is C8H18N4O. The Morgan fingerprint density at radius 2 is 1.92 bits per heavy atom. The highest BCUT2D eigenvalue weighted by atomic mass is 16.2. The van der Waals surface area contributed by atoms with E-state index in [2.05, 4.69) is 4.90 Å². The van der Waals surface area contributed by atoms with Crippen LogP contribution in [0.2, 0.25) is 0 Å². The molecule has 1 fully saturated rings. The van der Waals surface area contributed by atoms with Crippen LogP contribution in [-0.2, 0) is 0 Å². The SMILES string of the molecule is CC(N)CN1CCN(C(N)=O)CC1. The molecule has 0 bridgehead atoms. The monoisotopic (exact) mass is 186 g/mol. The second-order valence-corrected chi connectivity index (χ2v) is 3.60. The van der Waals surface area contributed by atoms with Gasteiger partial charge in [-0.25, -0.2) is 4.79 Å². The summed E-state index contributed by atoms with van der Waals surface area (Å²) in [6.07, 6.45) is 0. The number of hydrogen-bond donors (Lipinski definition) is 2. The van der Waals surface area contributed by atoms with E-state index >= 15 is 0 Å². The Bertz CT molecular complexity index is 175. The maximum Gasteiger partial charge on any atom is 0.314 e. The Kier molecular flexibility index (Phi) is 3.50. The van der Waals surface area contributed by atoms with Crippen molar-refractivity contribution >= 4 is 6.03 Å². The molecule has 13 heavy (non-hydrogen) atoms. The van der Waals surface area contributed by atoms with Gasteiger partial charge in [0.25, 0.3) is 0 Å². The maximum absolute atomic E-state index is 10.8. The summed E-state index contributed by atoms with van der Waals surface area (Å²) in [6, 6.07) is -0.124. The summed E-state index contributed by atoms with van der Waals surface area (Å²) in [5, 5.41) is 0. The highest BCUT2D eigenvalue weighted by Crippen LogP contribution is 2.01. The molecule has 1 aliphatic heterocycles. The third-order valence-electron chi connectivity index (χ3n) is 2.23. The molecule has 1 aliphatic rings. The predicted molar refractivity (Wildman–Crippen MR) is 51.2 cm³/mol. The van der Waals surface area contributed by atoms with Crippen LogP contribution in [0.5, 0.6) is 0 Å². The number of amides is 2. The Labute approximate surface area is 78.6 Å². The lowest BCUT2D eigenvalue weighted by Gasteiger charge is -2.34. The Morgan fingerprint density at radius 3 is 2.31 bits per heavy atom. The van der Waals surface area contributed by atoms with Crippen molar-refractivity contribution in [2.24, 2.45) is 11.5 Å². The lowest BCUT2D eigenvalue weighted by atomic mass is 10.2. The van der Waals surface area contributed by atoms with Crippen molar-refractivity contribution in [3.05, 3.63) is 0 Å². The predicted octanol–water partition coefficient (Wildman–Crippen LogP) is -0.970. The van der Waals surface area contributed by atoms with Gasteiger partial charge in [-0.15, -0.1) is 0 Å². The van der Waals surface area contributed by atoms with Crippen LogP contribution in [0, 0.1) is 0 Å². The van der Waals surface area contributed by atoms with Crippen LogP contribution in [0.15, 0.2) is 0 Å². The van der Waals surface area contributed by atoms with E-state index in [-0.39, 0.29) is 12.1 Å². The van der Waals surface area contributed by atoms with Crippen LogP contribution in [0.25, 0.3) is 0 Å². The van der Waals surface area contributed by atoms with E-state index in [0.717, 1.165) is 32.7 Å². The zero-order valence-corrected chi connectivity index (χ0v) is 8.07. The minimum atomic E-state index is -0.319. The van der Waals surface area contributed by atoms with Gasteiger partial charge in [0.05, 0.1) is 0 Å². The fourth-order valence-electron chi connectivity index (χ4n) is 1.56. The van der Waals surface area contributed by atoms with E-state index in [9.17, 15) is 4.79 Å². The maximum atomic E-state index is 10.8. The number of nitrogens with two attached hydrogens (primary N) is 2. The van der Waals surface area contributed by atoms with Crippen LogP contribution < -0.4 is 11.5 Å². The average Bonchev–Trinajstić information content (AvgIpc) is 2.04. The molecule has 0 aromatic carbocycles. The molecule has 0 aromatic heterocycles. The van der Waals surface area contributed by atoms with E-state index < -0.39 is 0 Å². The Hall–Kier alpha value is -0.810. The van der Waals surface area contributed by atoms with Crippen molar-refractivity contribution in [1.29, 1.82) is 0 Å². The van der Waals surface area contributed by atoms with Crippen molar-refractivity contribution in [2.45, 2.75) is 13.0 Å². The van der Waals surface area contributed by atoms with Crippen LogP contribution >= 0.6 is 0 Å². The van der Waals surface area contributed by atoms with Crippen LogP contribution in [0.4, 0.5) is 4.79 Å². The number of primary amides is 1. The average molecular weight is 186 g/mol. The molecular weight excluding hydrogens is 168 g/mol. The summed E-state index contributed by atoms with van der Waals surface area (Å²) in [5.74, 6) is 0. The molecule has 76 valence electrons. The molecule has 2 amide bonds. The van der Waals surface area contributed by atoms with Gasteiger partial charge in [0.1, 0.15) is 0 Å². The number of rotatable bonds is 2. The zero-order chi connectivity index (χ0) is 9.84. The molecule has 5 nitrogen and oxygen atoms in total. The van der Waals surface area contributed by atoms with E-state index in [4.69, 9.17) is 11.5 Å². The lowest BCUT2D eigenvalue weighted by Crippen LogP contribution is -2.52. The van der Waals surface area contributed by atoms with Crippen molar-refractivity contribution in [3.8, 4) is 0 Å². The quantitative estimate of drug-likeness (QED) is 0.582. The van der Waals surface area contributed by atoms with E-state index in [0.29, 0.717) is 0 Å². The highest BCUT2D eigenvalue weighted by Gasteiger charge is 2.19. The first-order chi connectivity index (χ1) is 6.09. The van der Waals surface area contributed by atoms with Crippen LogP contribution in [-0.4, -0.2) is 54.6 Å². The van der Waals surface area contributed by atoms with Gasteiger partial charge in [-0.3, -0.25) is 4.90 Å². The van der Waals surface area contributed by atoms with Gasteiger partial charge >= 0.3 is 6.03 Å². The van der Waals surface area contributed by atoms with Crippen molar-refractivity contribution in [1.82, 2.24) is 9.80 Å². The molecule has 5 heteroatoms. The first kappa shape index (κ1) is 10.3. The summed E-state index contributed by atoms with van der Waals surface area (Å²) in [7, 11) is 0. The van der Waals surface area contributed by atoms with Crippen molar-refractivity contribution < 1.29 is 4.79 Å². The summed E-state index contributed by atoms with van der Waals surface area (Å²) >= 11 is 0. The highest BCUT2D eigenvalue weighted by molar-refractivity contribution is 5.72. The number of urea groups is 1. The summed E-state index contributed by atoms with van der Waals surface area (Å²) in [4.78, 5) is 14.7. The second kappa shape index (κ2) is 4.43. The van der Waals surface area contributed by atoms with Gasteiger partial charge in [0, 0.05) is 38.8 Å². The van der Waals surface area contributed by atoms with E-state index in [1.54, 1.807) is 4.90 Å². The molecule has 4 N–H and O–H groups in total. The second-order valence-electron chi connectivity index (χ2n) is 3.60. The largest absolute Gasteiger partial charge is 0.351 e. The van der Waals surface area contributed by atoms with Gasteiger partial charge in [-0.05, 0) is 6.92 Å². The van der Waals surface area contributed by atoms with Gasteiger partial charge in [-0.2, -0.15) is 0 Å². The third kappa shape index (κ3) is 3.20. The molecule has 0 spiro atoms. The molecule has 1 unspecified atom stereocenters. The van der Waals surface area contributed by atoms with Crippen LogP contribution in [0.3, 0.4) is 0 Å². The number of carbonyl (C=O) groups excluding carboxylic acids is 1. The molecule has 1 atom stereocenters. The summed E-state index contributed by atoms with van der Waals surface area (Å²) in [5.41, 5.74) is 10.8. The van der Waals surface area contributed by atoms with Gasteiger partial charge < -0.3 is 16.4 Å². The summed E-state index contributed by atoms with van der Waals surface area (Å²) in [6.45, 7) is 6.09. The van der Waals surface area contributed by atoms with Crippen LogP contribution in [0.1, 0.15) is 6.92 Å². The number of piperazine rings is 1. The zero-order valence-electron chi connectivity index (χ0n) is 8.07. The standard InChI is InChI=1S/C8H18N4O/c1-7(9)6-11-2-4-12(5-3-11)8(10)13/h7H,2-6,9H2,1H3,(H2,10,13). The normalized spacial score (nSPS) is 21.5. The Morgan fingerprint density at radius 1 is 1.38 bits per heavy atom. The van der Waals surface area contributed by atoms with Crippen molar-refractivity contribution in [2.75, 3.05) is 32.7 Å². The fraction of sp³-hybridized carbons (Fsp3) is 0.875. The molecule has 1 heterocycles. The van der Waals surface area contributed by atoms with Gasteiger partial charge in [0.15, 0.2) is 0 Å². The minimum Gasteiger partial charge on any atom is -0.351 e. The third-order valence-corrected chi connectivity index (χ3v) is 2.23. The Balaban J connectivity index is 2.26. The molecule has 0 radical (unpaired) electrons. The molecule has 0 aromatic rings. The lowest BCUT2D eigenvalue weighted by molar-refractivity contribution is 0.141. The van der Waals surface area contributed by atoms with Gasteiger partial charge in [0.2, 0.25) is 0 Å². The number of carbonyl (C=O) groups is 1. The number of nitrogens with zero attached hydrogens (tertiary/aromatic N) is 2. The minimum absolute atomic E-state index is 0.195. The van der Waals surface area contributed by atoms with E-state index in [1.807, 2.05) is 6.92 Å². The number of hydrogen-bond acceptors (Lipinski definition) is 3. The van der Waals surface area contributed by atoms with Crippen molar-refractivity contribution in [3.63, 3.8) is 0 Å². The van der Waals surface area contributed by atoms with Gasteiger partial charge in [-0.1, -0.05) is 0 Å². The smallest absolute Gasteiger partial charge is 0.314 e. The summed E-state index contributed by atoms with van der Waals surface area (Å²) < 4.78 is 0. The van der Waals surface area contributed by atoms with E-state index in [1.165, 1.54) is 0 Å². The fourth-order valence-corrected chi connectivity index (χ4v) is 1.56. The molecule has 0 saturated carbocycles. The molecule has 1 rings (SSSR count). The molecule has 1 saturated heterocycles. The first-order valence-corrected chi connectivity index (χ1v) is 4.62. The topological polar surface area (TPSA) is 75.6 Å². The molecule has 0 aliphatic carbocycles.